The summed E-state index contributed by atoms with van der Waals surface area (Å²) in [6.07, 6.45) is 2.27. The van der Waals surface area contributed by atoms with Crippen LogP contribution in [0.15, 0.2) is 36.4 Å². The van der Waals surface area contributed by atoms with Crippen molar-refractivity contribution >= 4 is 21.7 Å². The molecule has 0 aromatic heterocycles. The van der Waals surface area contributed by atoms with Crippen molar-refractivity contribution in [2.24, 2.45) is 0 Å². The quantitative estimate of drug-likeness (QED) is 0.751. The summed E-state index contributed by atoms with van der Waals surface area (Å²) in [5.74, 6) is -1.04. The van der Waals surface area contributed by atoms with Crippen LogP contribution in [0, 0.1) is 11.6 Å². The predicted molar refractivity (Wildman–Crippen MR) is 115 cm³/mol. The number of methoxy groups -OCH3 is 1. The molecule has 2 amide bonds. The zero-order valence-corrected chi connectivity index (χ0v) is 18.4. The average molecular weight is 454 g/mol. The van der Waals surface area contributed by atoms with Crippen LogP contribution in [0.5, 0.6) is 5.75 Å². The van der Waals surface area contributed by atoms with Crippen LogP contribution in [0.3, 0.4) is 0 Å². The van der Waals surface area contributed by atoms with Gasteiger partial charge in [-0.2, -0.15) is 0 Å². The second-order valence-electron chi connectivity index (χ2n) is 7.51. The number of anilines is 1. The molecule has 10 heteroatoms. The Bertz CT molecular complexity index is 1050. The van der Waals surface area contributed by atoms with Gasteiger partial charge in [-0.1, -0.05) is 0 Å². The van der Waals surface area contributed by atoms with Crippen molar-refractivity contribution in [3.8, 4) is 16.9 Å². The topological polar surface area (TPSA) is 79.0 Å². The molecular weight excluding hydrogens is 428 g/mol. The Hall–Kier alpha value is -2.72. The summed E-state index contributed by atoms with van der Waals surface area (Å²) < 4.78 is 57.2. The summed E-state index contributed by atoms with van der Waals surface area (Å²) in [6.45, 7) is 0.738. The van der Waals surface area contributed by atoms with Crippen molar-refractivity contribution in [2.75, 3.05) is 38.8 Å². The van der Waals surface area contributed by atoms with Gasteiger partial charge in [0.25, 0.3) is 0 Å². The van der Waals surface area contributed by atoms with Crippen molar-refractivity contribution in [1.82, 2.24) is 9.21 Å². The minimum Gasteiger partial charge on any atom is -0.496 e. The Labute approximate surface area is 180 Å². The van der Waals surface area contributed by atoms with E-state index in [0.29, 0.717) is 48.5 Å². The molecule has 0 aliphatic carbocycles. The second kappa shape index (κ2) is 9.19. The molecule has 1 aliphatic heterocycles. The Balaban J connectivity index is 1.70. The van der Waals surface area contributed by atoms with Gasteiger partial charge in [-0.25, -0.2) is 26.3 Å². The summed E-state index contributed by atoms with van der Waals surface area (Å²) in [7, 11) is -0.134. The molecule has 0 saturated carbocycles. The number of carbonyl (C=O) groups excluding carboxylic acids is 1. The third kappa shape index (κ3) is 5.50. The number of carbonyl (C=O) groups is 1. The van der Waals surface area contributed by atoms with Crippen LogP contribution < -0.4 is 10.1 Å². The Morgan fingerprint density at radius 1 is 1.13 bits per heavy atom. The van der Waals surface area contributed by atoms with Crippen molar-refractivity contribution < 1.29 is 26.7 Å². The zero-order valence-electron chi connectivity index (χ0n) is 17.6. The zero-order chi connectivity index (χ0) is 22.8. The van der Waals surface area contributed by atoms with E-state index < -0.39 is 21.7 Å². The molecule has 1 N–H and O–H groups in total. The van der Waals surface area contributed by atoms with Gasteiger partial charge in [-0.3, -0.25) is 0 Å². The lowest BCUT2D eigenvalue weighted by Crippen LogP contribution is -2.48. The van der Waals surface area contributed by atoms with E-state index in [-0.39, 0.29) is 12.1 Å². The van der Waals surface area contributed by atoms with Crippen LogP contribution >= 0.6 is 0 Å². The molecule has 1 aliphatic rings. The second-order valence-corrected chi connectivity index (χ2v) is 9.49. The molecule has 2 aromatic rings. The first-order valence-electron chi connectivity index (χ1n) is 9.72. The van der Waals surface area contributed by atoms with E-state index in [2.05, 4.69) is 5.32 Å². The number of urea groups is 1. The highest BCUT2D eigenvalue weighted by Gasteiger charge is 2.29. The van der Waals surface area contributed by atoms with Crippen molar-refractivity contribution in [1.29, 1.82) is 0 Å². The highest BCUT2D eigenvalue weighted by atomic mass is 32.2. The first-order valence-corrected chi connectivity index (χ1v) is 11.6. The molecule has 0 spiro atoms. The number of ether oxygens (including phenoxy) is 1. The molecule has 1 fully saturated rings. The molecule has 0 bridgehead atoms. The average Bonchev–Trinajstić information content (AvgIpc) is 2.71. The molecule has 0 atom stereocenters. The van der Waals surface area contributed by atoms with Gasteiger partial charge in [0.1, 0.15) is 17.4 Å². The Kier molecular flexibility index (Phi) is 6.80. The summed E-state index contributed by atoms with van der Waals surface area (Å²) in [4.78, 5) is 14.2. The summed E-state index contributed by atoms with van der Waals surface area (Å²) >= 11 is 0. The molecule has 1 saturated heterocycles. The summed E-state index contributed by atoms with van der Waals surface area (Å²) in [5.41, 5.74) is 1.27. The number of nitrogens with one attached hydrogen (secondary N) is 1. The number of halogens is 2. The lowest BCUT2D eigenvalue weighted by molar-refractivity contribution is 0.174. The van der Waals surface area contributed by atoms with E-state index in [1.807, 2.05) is 0 Å². The fraction of sp³-hybridized carbons (Fsp3) is 0.381. The molecule has 1 heterocycles. The minimum absolute atomic E-state index is 0.0885. The number of benzene rings is 2. The fourth-order valence-electron chi connectivity index (χ4n) is 3.66. The van der Waals surface area contributed by atoms with E-state index >= 15 is 0 Å². The molecule has 3 rings (SSSR count). The van der Waals surface area contributed by atoms with Crippen molar-refractivity contribution in [3.63, 3.8) is 0 Å². The molecule has 168 valence electrons. The van der Waals surface area contributed by atoms with E-state index in [0.717, 1.165) is 6.07 Å². The number of amides is 2. The van der Waals surface area contributed by atoms with E-state index in [1.54, 1.807) is 30.1 Å². The van der Waals surface area contributed by atoms with Gasteiger partial charge in [-0.05, 0) is 42.7 Å². The van der Waals surface area contributed by atoms with Crippen LogP contribution in [0.25, 0.3) is 11.1 Å². The number of hydrogen-bond acceptors (Lipinski definition) is 4. The van der Waals surface area contributed by atoms with Gasteiger partial charge in [0.05, 0.1) is 13.4 Å². The fourth-order valence-corrected chi connectivity index (χ4v) is 4.53. The highest BCUT2D eigenvalue weighted by Crippen LogP contribution is 2.33. The van der Waals surface area contributed by atoms with E-state index in [4.69, 9.17) is 4.74 Å². The van der Waals surface area contributed by atoms with Gasteiger partial charge in [0.2, 0.25) is 10.0 Å². The van der Waals surface area contributed by atoms with Gasteiger partial charge < -0.3 is 15.0 Å². The minimum atomic E-state index is -3.23. The van der Waals surface area contributed by atoms with Crippen molar-refractivity contribution in [3.05, 3.63) is 48.0 Å². The molecule has 7 nitrogen and oxygen atoms in total. The maximum Gasteiger partial charge on any atom is 0.321 e. The number of piperidine rings is 1. The largest absolute Gasteiger partial charge is 0.496 e. The number of rotatable bonds is 5. The highest BCUT2D eigenvalue weighted by molar-refractivity contribution is 7.88. The summed E-state index contributed by atoms with van der Waals surface area (Å²) in [6, 6.07) is 7.59. The number of sulfonamides is 1. The lowest BCUT2D eigenvalue weighted by atomic mass is 10.0. The maximum absolute atomic E-state index is 13.6. The first kappa shape index (κ1) is 23.0. The maximum atomic E-state index is 13.6. The monoisotopic (exact) mass is 453 g/mol. The number of hydrogen-bond donors (Lipinski definition) is 1. The van der Waals surface area contributed by atoms with Gasteiger partial charge in [0.15, 0.2) is 0 Å². The molecule has 2 aromatic carbocycles. The lowest BCUT2D eigenvalue weighted by Gasteiger charge is -2.35. The number of nitrogens with zero attached hydrogens (tertiary/aromatic N) is 2. The third-order valence-corrected chi connectivity index (χ3v) is 6.69. The molecular formula is C21H25F2N3O4S. The van der Waals surface area contributed by atoms with E-state index in [1.165, 1.54) is 29.8 Å². The van der Waals surface area contributed by atoms with Crippen LogP contribution in [-0.4, -0.2) is 63.2 Å². The third-order valence-electron chi connectivity index (χ3n) is 5.39. The van der Waals surface area contributed by atoms with Gasteiger partial charge in [-0.15, -0.1) is 0 Å². The van der Waals surface area contributed by atoms with Crippen molar-refractivity contribution in [2.45, 2.75) is 18.9 Å². The van der Waals surface area contributed by atoms with E-state index in [9.17, 15) is 22.0 Å². The SMILES string of the molecule is COc1cc(NC(=O)N(C)C2CCN(S(C)(=O)=O)CC2)ccc1-c1cc(F)cc(F)c1. The molecule has 0 radical (unpaired) electrons. The smallest absolute Gasteiger partial charge is 0.321 e. The predicted octanol–water partition coefficient (Wildman–Crippen LogP) is 3.53. The molecule has 31 heavy (non-hydrogen) atoms. The van der Waals surface area contributed by atoms with Gasteiger partial charge in [0, 0.05) is 49.6 Å². The van der Waals surface area contributed by atoms with Crippen LogP contribution in [-0.2, 0) is 10.0 Å². The van der Waals surface area contributed by atoms with Gasteiger partial charge >= 0.3 is 6.03 Å². The Morgan fingerprint density at radius 2 is 1.74 bits per heavy atom. The molecule has 0 unspecified atom stereocenters. The van der Waals surface area contributed by atoms with Crippen LogP contribution in [0.4, 0.5) is 19.3 Å². The Morgan fingerprint density at radius 3 is 2.29 bits per heavy atom. The first-order chi connectivity index (χ1) is 14.6. The van der Waals surface area contributed by atoms with Crippen LogP contribution in [0.2, 0.25) is 0 Å². The summed E-state index contributed by atoms with van der Waals surface area (Å²) in [5, 5.41) is 2.78. The standard InChI is InChI=1S/C21H25F2N3O4S/c1-25(18-6-8-26(9-7-18)31(3,28)29)21(27)24-17-4-5-19(20(13-17)30-2)14-10-15(22)12-16(23)11-14/h4-5,10-13,18H,6-9H2,1-3H3,(H,24,27). The van der Waals surface area contributed by atoms with Crippen LogP contribution in [0.1, 0.15) is 12.8 Å². The normalized spacial score (nSPS) is 15.5.